The molecule has 106 valence electrons. The molecule has 0 unspecified atom stereocenters. The second-order valence-corrected chi connectivity index (χ2v) is 7.23. The number of nitrogens with one attached hydrogen (secondary N) is 1. The SMILES string of the molecule is CCC(CC)CN1CC(C)(C)NCC12CCCC2. The van der Waals surface area contributed by atoms with Gasteiger partial charge in [0.1, 0.15) is 0 Å². The molecule has 1 saturated carbocycles. The zero-order chi connectivity index (χ0) is 13.2. The number of nitrogens with zero attached hydrogens (tertiary/aromatic N) is 1. The van der Waals surface area contributed by atoms with Crippen molar-refractivity contribution in [1.82, 2.24) is 10.2 Å². The molecule has 1 heterocycles. The molecule has 1 aliphatic carbocycles. The van der Waals surface area contributed by atoms with E-state index < -0.39 is 0 Å². The summed E-state index contributed by atoms with van der Waals surface area (Å²) in [6.07, 6.45) is 8.35. The van der Waals surface area contributed by atoms with Gasteiger partial charge < -0.3 is 5.32 Å². The van der Waals surface area contributed by atoms with E-state index >= 15 is 0 Å². The molecule has 0 atom stereocenters. The lowest BCUT2D eigenvalue weighted by molar-refractivity contribution is 0.00615. The third-order valence-corrected chi connectivity index (χ3v) is 5.32. The predicted molar refractivity (Wildman–Crippen MR) is 78.9 cm³/mol. The first-order valence-electron chi connectivity index (χ1n) is 8.01. The Morgan fingerprint density at radius 2 is 1.72 bits per heavy atom. The minimum Gasteiger partial charge on any atom is -0.309 e. The van der Waals surface area contributed by atoms with Crippen LogP contribution in [-0.4, -0.2) is 35.6 Å². The molecule has 2 aliphatic rings. The summed E-state index contributed by atoms with van der Waals surface area (Å²) in [6.45, 7) is 13.2. The van der Waals surface area contributed by atoms with Crippen molar-refractivity contribution >= 4 is 0 Å². The van der Waals surface area contributed by atoms with E-state index in [1.54, 1.807) is 0 Å². The lowest BCUT2D eigenvalue weighted by atomic mass is 9.85. The minimum absolute atomic E-state index is 0.292. The molecule has 1 spiro atoms. The fourth-order valence-electron chi connectivity index (χ4n) is 3.86. The van der Waals surface area contributed by atoms with E-state index in [9.17, 15) is 0 Å². The maximum Gasteiger partial charge on any atom is 0.0335 e. The smallest absolute Gasteiger partial charge is 0.0335 e. The molecule has 0 amide bonds. The minimum atomic E-state index is 0.292. The first kappa shape index (κ1) is 14.3. The van der Waals surface area contributed by atoms with Crippen LogP contribution in [0.2, 0.25) is 0 Å². The topological polar surface area (TPSA) is 15.3 Å². The highest BCUT2D eigenvalue weighted by atomic mass is 15.3. The standard InChI is InChI=1S/C16H32N2/c1-5-14(6-2)11-18-13-15(3,4)17-12-16(18)9-7-8-10-16/h14,17H,5-13H2,1-4H3. The Morgan fingerprint density at radius 3 is 2.28 bits per heavy atom. The first-order valence-corrected chi connectivity index (χ1v) is 8.01. The average molecular weight is 252 g/mol. The van der Waals surface area contributed by atoms with Crippen LogP contribution in [0.15, 0.2) is 0 Å². The van der Waals surface area contributed by atoms with Gasteiger partial charge >= 0.3 is 0 Å². The Kier molecular flexibility index (Phi) is 4.38. The van der Waals surface area contributed by atoms with Crippen molar-refractivity contribution in [3.8, 4) is 0 Å². The highest BCUT2D eigenvalue weighted by molar-refractivity contribution is 5.04. The molecule has 1 saturated heterocycles. The van der Waals surface area contributed by atoms with E-state index in [4.69, 9.17) is 0 Å². The van der Waals surface area contributed by atoms with Gasteiger partial charge in [0, 0.05) is 30.7 Å². The van der Waals surface area contributed by atoms with Gasteiger partial charge in [0.25, 0.3) is 0 Å². The van der Waals surface area contributed by atoms with Crippen molar-refractivity contribution in [2.24, 2.45) is 5.92 Å². The molecular formula is C16H32N2. The maximum atomic E-state index is 3.79. The van der Waals surface area contributed by atoms with Crippen molar-refractivity contribution in [3.05, 3.63) is 0 Å². The first-order chi connectivity index (χ1) is 8.51. The Labute approximate surface area is 114 Å². The van der Waals surface area contributed by atoms with Crippen molar-refractivity contribution < 1.29 is 0 Å². The zero-order valence-electron chi connectivity index (χ0n) is 12.9. The molecule has 0 aromatic heterocycles. The summed E-state index contributed by atoms with van der Waals surface area (Å²) < 4.78 is 0. The van der Waals surface area contributed by atoms with Crippen LogP contribution in [0.3, 0.4) is 0 Å². The van der Waals surface area contributed by atoms with Crippen LogP contribution in [-0.2, 0) is 0 Å². The maximum absolute atomic E-state index is 3.79. The normalized spacial score (nSPS) is 27.2. The highest BCUT2D eigenvalue weighted by Gasteiger charge is 2.45. The summed E-state index contributed by atoms with van der Waals surface area (Å²) in [5.41, 5.74) is 0.790. The van der Waals surface area contributed by atoms with Gasteiger partial charge in [-0.3, -0.25) is 4.90 Å². The highest BCUT2D eigenvalue weighted by Crippen LogP contribution is 2.39. The van der Waals surface area contributed by atoms with Crippen molar-refractivity contribution in [2.45, 2.75) is 77.3 Å². The summed E-state index contributed by atoms with van der Waals surface area (Å²) >= 11 is 0. The second-order valence-electron chi connectivity index (χ2n) is 7.23. The summed E-state index contributed by atoms with van der Waals surface area (Å²) in [6, 6.07) is 0. The quantitative estimate of drug-likeness (QED) is 0.825. The van der Waals surface area contributed by atoms with E-state index in [2.05, 4.69) is 37.9 Å². The summed E-state index contributed by atoms with van der Waals surface area (Å²) in [5, 5.41) is 3.79. The molecule has 1 aliphatic heterocycles. The number of piperazine rings is 1. The van der Waals surface area contributed by atoms with Crippen molar-refractivity contribution in [2.75, 3.05) is 19.6 Å². The zero-order valence-corrected chi connectivity index (χ0v) is 12.9. The van der Waals surface area contributed by atoms with Gasteiger partial charge in [-0.1, -0.05) is 39.5 Å². The molecule has 0 aromatic carbocycles. The van der Waals surface area contributed by atoms with Crippen LogP contribution in [0.25, 0.3) is 0 Å². The Morgan fingerprint density at radius 1 is 1.11 bits per heavy atom. The molecule has 18 heavy (non-hydrogen) atoms. The van der Waals surface area contributed by atoms with E-state index in [-0.39, 0.29) is 0 Å². The predicted octanol–water partition coefficient (Wildman–Crippen LogP) is 3.42. The fraction of sp³-hybridized carbons (Fsp3) is 1.00. The van der Waals surface area contributed by atoms with Crippen molar-refractivity contribution in [3.63, 3.8) is 0 Å². The largest absolute Gasteiger partial charge is 0.309 e. The van der Waals surface area contributed by atoms with Crippen LogP contribution in [0, 0.1) is 5.92 Å². The molecule has 2 heteroatoms. The lowest BCUT2D eigenvalue weighted by Crippen LogP contribution is -2.67. The number of rotatable bonds is 4. The molecular weight excluding hydrogens is 220 g/mol. The lowest BCUT2D eigenvalue weighted by Gasteiger charge is -2.52. The molecule has 0 aromatic rings. The van der Waals surface area contributed by atoms with Gasteiger partial charge in [-0.25, -0.2) is 0 Å². The molecule has 2 fully saturated rings. The van der Waals surface area contributed by atoms with Gasteiger partial charge in [-0.15, -0.1) is 0 Å². The van der Waals surface area contributed by atoms with E-state index in [1.807, 2.05) is 0 Å². The van der Waals surface area contributed by atoms with Gasteiger partial charge in [0.2, 0.25) is 0 Å². The fourth-order valence-corrected chi connectivity index (χ4v) is 3.86. The second kappa shape index (κ2) is 5.50. The van der Waals surface area contributed by atoms with Crippen LogP contribution >= 0.6 is 0 Å². The Bertz CT molecular complexity index is 262. The Balaban J connectivity index is 2.09. The molecule has 2 nitrogen and oxygen atoms in total. The van der Waals surface area contributed by atoms with Crippen LogP contribution in [0.4, 0.5) is 0 Å². The monoisotopic (exact) mass is 252 g/mol. The van der Waals surface area contributed by atoms with Gasteiger partial charge in [0.05, 0.1) is 0 Å². The third kappa shape index (κ3) is 2.91. The van der Waals surface area contributed by atoms with Gasteiger partial charge in [0.15, 0.2) is 0 Å². The average Bonchev–Trinajstić information content (AvgIpc) is 2.80. The van der Waals surface area contributed by atoms with Gasteiger partial charge in [-0.2, -0.15) is 0 Å². The van der Waals surface area contributed by atoms with Gasteiger partial charge in [-0.05, 0) is 32.6 Å². The molecule has 0 radical (unpaired) electrons. The van der Waals surface area contributed by atoms with E-state index in [0.29, 0.717) is 11.1 Å². The summed E-state index contributed by atoms with van der Waals surface area (Å²) in [7, 11) is 0. The molecule has 0 bridgehead atoms. The number of hydrogen-bond acceptors (Lipinski definition) is 2. The number of hydrogen-bond donors (Lipinski definition) is 1. The summed E-state index contributed by atoms with van der Waals surface area (Å²) in [4.78, 5) is 2.86. The summed E-state index contributed by atoms with van der Waals surface area (Å²) in [5.74, 6) is 0.886. The van der Waals surface area contributed by atoms with E-state index in [1.165, 1.54) is 58.2 Å². The molecule has 1 N–H and O–H groups in total. The van der Waals surface area contributed by atoms with Crippen LogP contribution < -0.4 is 5.32 Å². The molecule has 2 rings (SSSR count). The van der Waals surface area contributed by atoms with Crippen LogP contribution in [0.1, 0.15) is 66.2 Å². The van der Waals surface area contributed by atoms with E-state index in [0.717, 1.165) is 5.92 Å². The van der Waals surface area contributed by atoms with Crippen LogP contribution in [0.5, 0.6) is 0 Å². The third-order valence-electron chi connectivity index (χ3n) is 5.32. The van der Waals surface area contributed by atoms with Crippen molar-refractivity contribution in [1.29, 1.82) is 0 Å². The Hall–Kier alpha value is -0.0800.